The maximum Gasteiger partial charge on any atom is 0.157 e. The molecule has 0 spiro atoms. The first kappa shape index (κ1) is 11.1. The number of hydrogen-bond acceptors (Lipinski definition) is 3. The van der Waals surface area contributed by atoms with Gasteiger partial charge < -0.3 is 15.9 Å². The summed E-state index contributed by atoms with van der Waals surface area (Å²) < 4.78 is 0. The van der Waals surface area contributed by atoms with Crippen LogP contribution in [-0.4, -0.2) is 16.8 Å². The van der Waals surface area contributed by atoms with Crippen molar-refractivity contribution in [2.24, 2.45) is 5.73 Å². The van der Waals surface area contributed by atoms with Crippen LogP contribution in [0.5, 0.6) is 11.5 Å². The van der Waals surface area contributed by atoms with Gasteiger partial charge in [-0.3, -0.25) is 0 Å². The van der Waals surface area contributed by atoms with Gasteiger partial charge in [0.25, 0.3) is 0 Å². The normalized spacial score (nSPS) is 9.08. The summed E-state index contributed by atoms with van der Waals surface area (Å²) in [6.45, 7) is 0.546. The Morgan fingerprint density at radius 1 is 1.17 bits per heavy atom. The van der Waals surface area contributed by atoms with Crippen molar-refractivity contribution in [1.29, 1.82) is 0 Å². The van der Waals surface area contributed by atoms with Crippen LogP contribution in [0.2, 0.25) is 0 Å². The molecule has 0 heterocycles. The highest BCUT2D eigenvalue weighted by molar-refractivity contribution is 5.85. The second kappa shape index (κ2) is 4.85. The molecule has 0 amide bonds. The smallest absolute Gasteiger partial charge is 0.157 e. The maximum atomic E-state index is 9.04. The number of nitrogens with two attached hydrogens (primary N) is 1. The van der Waals surface area contributed by atoms with Gasteiger partial charge in [0.05, 0.1) is 0 Å². The van der Waals surface area contributed by atoms with E-state index in [4.69, 9.17) is 15.9 Å². The summed E-state index contributed by atoms with van der Waals surface area (Å²) in [5.74, 6) is -0.179. The summed E-state index contributed by atoms with van der Waals surface area (Å²) in [5, 5.41) is 18.0. The zero-order valence-corrected chi connectivity index (χ0v) is 7.34. The van der Waals surface area contributed by atoms with Crippen molar-refractivity contribution >= 4 is 12.4 Å². The molecule has 4 heteroatoms. The monoisotopic (exact) mass is 197 g/mol. The molecular weight excluding hydrogens is 185 g/mol. The van der Waals surface area contributed by atoms with E-state index in [1.54, 1.807) is 6.07 Å². The van der Waals surface area contributed by atoms with E-state index in [0.29, 0.717) is 13.0 Å². The minimum absolute atomic E-state index is 0. The van der Waals surface area contributed by atoms with Crippen molar-refractivity contribution in [3.8, 4) is 11.5 Å². The van der Waals surface area contributed by atoms with Crippen LogP contribution in [0.15, 0.2) is 18.2 Å². The molecule has 1 aromatic carbocycles. The highest BCUT2D eigenvalue weighted by atomic mass is 35.5. The molecule has 0 bridgehead atoms. The molecule has 0 saturated heterocycles. The van der Waals surface area contributed by atoms with Crippen molar-refractivity contribution in [3.63, 3.8) is 0 Å². The Hall–Kier alpha value is -0.930. The van der Waals surface area contributed by atoms with Crippen molar-refractivity contribution in [2.75, 3.05) is 6.54 Å². The lowest BCUT2D eigenvalue weighted by atomic mass is 11.1. The van der Waals surface area contributed by atoms with E-state index >= 15 is 0 Å². The minimum atomic E-state index is -0.0919. The van der Waals surface area contributed by atoms with Crippen LogP contribution in [0.4, 0.5) is 0 Å². The third-order valence-electron chi connectivity index (χ3n) is 1.47. The lowest BCUT2D eigenvalue weighted by Crippen LogP contribution is -2.02. The average molecular weight is 198 g/mol. The summed E-state index contributed by atoms with van der Waals surface area (Å²) >= 11 is 0. The molecule has 0 aliphatic carbocycles. The van der Waals surface area contributed by atoms with Crippen molar-refractivity contribution in [2.45, 2.75) is 6.42 Å². The van der Waals surface area contributed by atoms with E-state index in [-0.39, 0.29) is 23.9 Å². The minimum Gasteiger partial charge on any atom is -0.504 e. The van der Waals surface area contributed by atoms with Gasteiger partial charge in [0.2, 0.25) is 0 Å². The number of hydrogen-bond donors (Lipinski definition) is 3. The Morgan fingerprint density at radius 3 is 2.33 bits per heavy atom. The first-order valence-corrected chi connectivity index (χ1v) is 3.45. The SMILES string of the molecule is Cl.N[13CH2][13CH2][13c]1[13cH][13cH][13c](O)[13c](O)[13cH]1. The van der Waals surface area contributed by atoms with E-state index < -0.39 is 0 Å². The Morgan fingerprint density at radius 2 is 1.83 bits per heavy atom. The summed E-state index contributed by atoms with van der Waals surface area (Å²) in [6.07, 6.45) is 0.716. The lowest BCUT2D eigenvalue weighted by molar-refractivity contribution is 0.403. The number of aromatic hydroxyl groups is 2. The zero-order valence-electron chi connectivity index (χ0n) is 6.53. The lowest BCUT2D eigenvalue weighted by Gasteiger charge is -2.00. The van der Waals surface area contributed by atoms with Gasteiger partial charge >= 0.3 is 0 Å². The molecular formula is C8H12ClNO2. The van der Waals surface area contributed by atoms with Crippen LogP contribution in [0, 0.1) is 0 Å². The van der Waals surface area contributed by atoms with Gasteiger partial charge in [-0.05, 0) is 30.7 Å². The van der Waals surface area contributed by atoms with Gasteiger partial charge in [0.1, 0.15) is 0 Å². The number of rotatable bonds is 2. The van der Waals surface area contributed by atoms with Crippen LogP contribution >= 0.6 is 12.4 Å². The van der Waals surface area contributed by atoms with Crippen LogP contribution in [0.1, 0.15) is 5.56 Å². The summed E-state index contributed by atoms with van der Waals surface area (Å²) in [6, 6.07) is 4.71. The third-order valence-corrected chi connectivity index (χ3v) is 1.47. The molecule has 4 N–H and O–H groups in total. The van der Waals surface area contributed by atoms with E-state index in [0.717, 1.165) is 5.56 Å². The summed E-state index contributed by atoms with van der Waals surface area (Å²) in [4.78, 5) is 0. The molecule has 68 valence electrons. The van der Waals surface area contributed by atoms with Gasteiger partial charge in [-0.1, -0.05) is 6.07 Å². The molecule has 3 nitrogen and oxygen atoms in total. The molecule has 0 aliphatic heterocycles. The van der Waals surface area contributed by atoms with Crippen molar-refractivity contribution in [1.82, 2.24) is 0 Å². The van der Waals surface area contributed by atoms with Gasteiger partial charge in [-0.15, -0.1) is 12.4 Å². The van der Waals surface area contributed by atoms with E-state index in [9.17, 15) is 0 Å². The molecule has 12 heavy (non-hydrogen) atoms. The molecule has 0 aromatic heterocycles. The highest BCUT2D eigenvalue weighted by Crippen LogP contribution is 2.24. The molecule has 0 unspecified atom stereocenters. The second-order valence-electron chi connectivity index (χ2n) is 2.36. The Kier molecular flexibility index (Phi) is 4.47. The maximum absolute atomic E-state index is 9.04. The van der Waals surface area contributed by atoms with E-state index in [1.807, 2.05) is 0 Å². The fourth-order valence-electron chi connectivity index (χ4n) is 0.891. The summed E-state index contributed by atoms with van der Waals surface area (Å²) in [7, 11) is 0. The molecule has 1 aromatic rings. The van der Waals surface area contributed by atoms with Crippen molar-refractivity contribution in [3.05, 3.63) is 23.8 Å². The topological polar surface area (TPSA) is 66.5 Å². The Bertz CT molecular complexity index is 253. The summed E-state index contributed by atoms with van der Waals surface area (Å²) in [5.41, 5.74) is 6.24. The number of phenols is 2. The zero-order chi connectivity index (χ0) is 8.27. The fraction of sp³-hybridized carbons (Fsp3) is 0.250. The largest absolute Gasteiger partial charge is 0.504 e. The first-order chi connectivity index (χ1) is 5.24. The van der Waals surface area contributed by atoms with Gasteiger partial charge in [-0.25, -0.2) is 0 Å². The Labute approximate surface area is 77.2 Å². The van der Waals surface area contributed by atoms with Crippen molar-refractivity contribution < 1.29 is 10.2 Å². The highest BCUT2D eigenvalue weighted by Gasteiger charge is 1.98. The van der Waals surface area contributed by atoms with Gasteiger partial charge in [0, 0.05) is 0 Å². The molecule has 0 aliphatic rings. The van der Waals surface area contributed by atoms with Crippen LogP contribution in [-0.2, 0) is 6.42 Å². The molecule has 1 rings (SSSR count). The number of benzene rings is 1. The van der Waals surface area contributed by atoms with Crippen LogP contribution < -0.4 is 5.73 Å². The van der Waals surface area contributed by atoms with Crippen LogP contribution in [0.3, 0.4) is 0 Å². The molecule has 0 saturated carbocycles. The van der Waals surface area contributed by atoms with E-state index in [1.165, 1.54) is 12.1 Å². The standard InChI is InChI=1S/C8H11NO2.ClH/c9-4-3-6-1-2-7(10)8(11)5-6;/h1-2,5,10-11H,3-4,9H2;1H/i1+1,2+1,3+1,4+1,5+1,6+1,7+1,8+1;. The van der Waals surface area contributed by atoms with Gasteiger partial charge in [0.15, 0.2) is 11.5 Å². The molecule has 0 atom stereocenters. The average Bonchev–Trinajstić information content (AvgIpc) is 1.98. The Balaban J connectivity index is 0.00000121. The van der Waals surface area contributed by atoms with Crippen LogP contribution in [0.25, 0.3) is 0 Å². The predicted octanol–water partition coefficient (Wildman–Crippen LogP) is 1.02. The molecule has 0 radical (unpaired) electrons. The van der Waals surface area contributed by atoms with E-state index in [2.05, 4.69) is 0 Å². The number of phenolic OH excluding ortho intramolecular Hbond substituents is 2. The second-order valence-corrected chi connectivity index (χ2v) is 2.36. The molecule has 0 fully saturated rings. The number of halogens is 1. The fourth-order valence-corrected chi connectivity index (χ4v) is 0.891. The first-order valence-electron chi connectivity index (χ1n) is 3.45. The third kappa shape index (κ3) is 2.60. The predicted molar refractivity (Wildman–Crippen MR) is 49.8 cm³/mol. The van der Waals surface area contributed by atoms with Gasteiger partial charge in [-0.2, -0.15) is 0 Å². The quantitative estimate of drug-likeness (QED) is 0.490.